The van der Waals surface area contributed by atoms with Gasteiger partial charge in [0.25, 0.3) is 0 Å². The van der Waals surface area contributed by atoms with E-state index in [4.69, 9.17) is 4.21 Å². The van der Waals surface area contributed by atoms with Gasteiger partial charge in [-0.15, -0.1) is 0 Å². The average Bonchev–Trinajstić information content (AvgIpc) is 1.84. The van der Waals surface area contributed by atoms with Crippen LogP contribution in [0, 0.1) is 0 Å². The molecule has 0 spiro atoms. The SMILES string of the molecule is CCSP(O[Si](C)(C)C)SCC. The first-order valence-electron chi connectivity index (χ1n) is 4.24. The molecule has 0 aliphatic carbocycles. The van der Waals surface area contributed by atoms with Gasteiger partial charge in [-0.3, -0.25) is 0 Å². The van der Waals surface area contributed by atoms with Crippen LogP contribution in [0.4, 0.5) is 0 Å². The lowest BCUT2D eigenvalue weighted by molar-refractivity contribution is 0.644. The highest BCUT2D eigenvalue weighted by Gasteiger charge is 2.21. The van der Waals surface area contributed by atoms with Crippen molar-refractivity contribution in [1.82, 2.24) is 0 Å². The summed E-state index contributed by atoms with van der Waals surface area (Å²) in [6, 6.07) is 0. The van der Waals surface area contributed by atoms with Crippen LogP contribution >= 0.6 is 29.3 Å². The first kappa shape index (κ1) is 13.3. The normalized spacial score (nSPS) is 12.5. The summed E-state index contributed by atoms with van der Waals surface area (Å²) in [7, 11) is -1.31. The number of hydrogen-bond donors (Lipinski definition) is 0. The van der Waals surface area contributed by atoms with E-state index in [1.165, 1.54) is 11.5 Å². The third-order valence-electron chi connectivity index (χ3n) is 0.817. The molecule has 0 aliphatic heterocycles. The second kappa shape index (κ2) is 6.72. The van der Waals surface area contributed by atoms with Gasteiger partial charge in [0, 0.05) is 0 Å². The minimum absolute atomic E-state index is 0.254. The van der Waals surface area contributed by atoms with E-state index in [1.54, 1.807) is 0 Å². The quantitative estimate of drug-likeness (QED) is 0.499. The molecule has 0 saturated heterocycles. The summed E-state index contributed by atoms with van der Waals surface area (Å²) >= 11 is 3.94. The third kappa shape index (κ3) is 7.93. The summed E-state index contributed by atoms with van der Waals surface area (Å²) < 4.78 is 6.05. The molecule has 0 unspecified atom stereocenters. The van der Waals surface area contributed by atoms with Crippen LogP contribution in [0.5, 0.6) is 0 Å². The molecule has 74 valence electrons. The first-order chi connectivity index (χ1) is 5.49. The van der Waals surface area contributed by atoms with Gasteiger partial charge in [0.15, 0.2) is 8.32 Å². The van der Waals surface area contributed by atoms with Gasteiger partial charge in [-0.2, -0.15) is 0 Å². The van der Waals surface area contributed by atoms with E-state index in [2.05, 4.69) is 33.5 Å². The third-order valence-corrected chi connectivity index (χ3v) is 10.6. The van der Waals surface area contributed by atoms with Crippen LogP contribution in [0.1, 0.15) is 13.8 Å². The Kier molecular flexibility index (Phi) is 7.45. The Morgan fingerprint density at radius 1 is 1.08 bits per heavy atom. The summed E-state index contributed by atoms with van der Waals surface area (Å²) in [5, 5.41) is 0. The van der Waals surface area contributed by atoms with Crippen molar-refractivity contribution in [3.63, 3.8) is 0 Å². The van der Waals surface area contributed by atoms with E-state index in [1.807, 2.05) is 22.8 Å². The monoisotopic (exact) mass is 242 g/mol. The lowest BCUT2D eigenvalue weighted by Crippen LogP contribution is -2.21. The zero-order valence-electron chi connectivity index (χ0n) is 8.59. The summed E-state index contributed by atoms with van der Waals surface area (Å²) in [5.74, 6) is 2.34. The fourth-order valence-corrected chi connectivity index (χ4v) is 12.3. The standard InChI is InChI=1S/C7H19OPS2Si/c1-6-10-9(11-7-2)8-12(3,4)5/h6-7H2,1-5H3. The molecule has 0 saturated carbocycles. The van der Waals surface area contributed by atoms with Gasteiger partial charge >= 0.3 is 0 Å². The molecule has 0 N–H and O–H groups in total. The molecule has 12 heavy (non-hydrogen) atoms. The second-order valence-electron chi connectivity index (χ2n) is 3.26. The topological polar surface area (TPSA) is 9.23 Å². The minimum Gasteiger partial charge on any atom is -0.380 e. The Morgan fingerprint density at radius 3 is 1.75 bits per heavy atom. The summed E-state index contributed by atoms with van der Waals surface area (Å²) in [6.45, 7) is 10.9. The van der Waals surface area contributed by atoms with E-state index in [0.29, 0.717) is 0 Å². The highest BCUT2D eigenvalue weighted by molar-refractivity contribution is 8.87. The molecule has 0 heterocycles. The fourth-order valence-electron chi connectivity index (χ4n) is 0.524. The predicted octanol–water partition coefficient (Wildman–Crippen LogP) is 4.57. The molecule has 0 aliphatic rings. The summed E-state index contributed by atoms with van der Waals surface area (Å²) in [5.41, 5.74) is 0. The van der Waals surface area contributed by atoms with Crippen LogP contribution < -0.4 is 0 Å². The van der Waals surface area contributed by atoms with E-state index >= 15 is 0 Å². The van der Waals surface area contributed by atoms with Crippen molar-refractivity contribution in [3.05, 3.63) is 0 Å². The highest BCUT2D eigenvalue weighted by Crippen LogP contribution is 2.62. The molecule has 0 bridgehead atoms. The van der Waals surface area contributed by atoms with Crippen LogP contribution in [0.25, 0.3) is 0 Å². The smallest absolute Gasteiger partial charge is 0.190 e. The maximum absolute atomic E-state index is 6.05. The highest BCUT2D eigenvalue weighted by atomic mass is 33.1. The van der Waals surface area contributed by atoms with Gasteiger partial charge in [-0.1, -0.05) is 36.6 Å². The van der Waals surface area contributed by atoms with Crippen molar-refractivity contribution >= 4 is 37.6 Å². The molecule has 0 amide bonds. The minimum atomic E-state index is -1.31. The summed E-state index contributed by atoms with van der Waals surface area (Å²) in [4.78, 5) is 0. The fraction of sp³-hybridized carbons (Fsp3) is 1.00. The zero-order valence-corrected chi connectivity index (χ0v) is 12.1. The van der Waals surface area contributed by atoms with E-state index in [0.717, 1.165) is 0 Å². The van der Waals surface area contributed by atoms with Crippen LogP contribution in [0.2, 0.25) is 19.6 Å². The summed E-state index contributed by atoms with van der Waals surface area (Å²) in [6.07, 6.45) is 0. The Morgan fingerprint density at radius 2 is 1.50 bits per heavy atom. The predicted molar refractivity (Wildman–Crippen MR) is 67.6 cm³/mol. The molecule has 0 atom stereocenters. The van der Waals surface area contributed by atoms with Gasteiger partial charge in [-0.05, 0) is 31.1 Å². The number of rotatable bonds is 6. The van der Waals surface area contributed by atoms with Crippen molar-refractivity contribution in [2.45, 2.75) is 33.5 Å². The Balaban J connectivity index is 3.77. The largest absolute Gasteiger partial charge is 0.380 e. The van der Waals surface area contributed by atoms with Gasteiger partial charge in [0.2, 0.25) is 0 Å². The van der Waals surface area contributed by atoms with Crippen molar-refractivity contribution in [1.29, 1.82) is 0 Å². The molecule has 0 radical (unpaired) electrons. The molecule has 0 aromatic carbocycles. The van der Waals surface area contributed by atoms with Crippen LogP contribution in [0.3, 0.4) is 0 Å². The Bertz CT molecular complexity index is 112. The number of hydrogen-bond acceptors (Lipinski definition) is 3. The van der Waals surface area contributed by atoms with Gasteiger partial charge in [0.05, 0.1) is 0 Å². The lowest BCUT2D eigenvalue weighted by Gasteiger charge is -2.23. The Labute approximate surface area is 86.9 Å². The molecular weight excluding hydrogens is 223 g/mol. The zero-order chi connectivity index (χ0) is 9.61. The molecule has 0 aromatic heterocycles. The van der Waals surface area contributed by atoms with Crippen molar-refractivity contribution in [3.8, 4) is 0 Å². The maximum Gasteiger partial charge on any atom is 0.190 e. The van der Waals surface area contributed by atoms with E-state index < -0.39 is 8.32 Å². The van der Waals surface area contributed by atoms with Gasteiger partial charge < -0.3 is 4.21 Å². The van der Waals surface area contributed by atoms with E-state index in [9.17, 15) is 0 Å². The van der Waals surface area contributed by atoms with Crippen LogP contribution in [-0.4, -0.2) is 19.8 Å². The lowest BCUT2D eigenvalue weighted by atomic mass is 11.0. The van der Waals surface area contributed by atoms with Crippen LogP contribution in [0.15, 0.2) is 0 Å². The van der Waals surface area contributed by atoms with Gasteiger partial charge in [-0.25, -0.2) is 0 Å². The average molecular weight is 242 g/mol. The Hall–Kier alpha value is 1.31. The van der Waals surface area contributed by atoms with Crippen LogP contribution in [-0.2, 0) is 4.21 Å². The molecule has 0 rings (SSSR count). The second-order valence-corrected chi connectivity index (χ2v) is 14.6. The first-order valence-corrected chi connectivity index (χ1v) is 12.1. The molecule has 5 heteroatoms. The molecule has 1 nitrogen and oxygen atoms in total. The van der Waals surface area contributed by atoms with Crippen molar-refractivity contribution in [2.75, 3.05) is 11.5 Å². The maximum atomic E-state index is 6.05. The molecular formula is C7H19OPS2Si. The molecule has 0 aromatic rings. The molecule has 0 fully saturated rings. The van der Waals surface area contributed by atoms with E-state index in [-0.39, 0.29) is 6.55 Å². The van der Waals surface area contributed by atoms with Crippen molar-refractivity contribution < 1.29 is 4.21 Å². The van der Waals surface area contributed by atoms with Crippen molar-refractivity contribution in [2.24, 2.45) is 0 Å². The van der Waals surface area contributed by atoms with Gasteiger partial charge in [0.1, 0.15) is 6.55 Å².